The zero-order valence-electron chi connectivity index (χ0n) is 27.5. The van der Waals surface area contributed by atoms with Crippen LogP contribution in [-0.2, 0) is 30.9 Å². The standard InChI is InChI=1S/C23H25N2OSi.C15H15FN.Ir/c1-23(2,3)22-20-16-11-9-10-15(17-12-7-8-13-24-17)21(16)26-18(20)14-19(25-22)27(4,5)6;1-15(2,3)12-6-9-14(17-10-12)11-4-7-13(16)8-5-11;/h7-9,11-14H,1-6H3;4,6-10H,1-3H3;/q2*-1;. The Labute approximate surface area is 280 Å². The van der Waals surface area contributed by atoms with Gasteiger partial charge < -0.3 is 14.4 Å². The molecular weight excluding hydrogens is 754 g/mol. The molecule has 0 atom stereocenters. The SMILES string of the molecule is CC(C)(C)c1ccc(-c2[c-]cc(F)cc2)nc1.CC(C)(C)c1nc([Si](C)(C)C)cc2oc3c(-c4ccccn4)[c-]ccc3c12.[Ir]. The van der Waals surface area contributed by atoms with Crippen molar-refractivity contribution in [1.29, 1.82) is 0 Å². The van der Waals surface area contributed by atoms with Gasteiger partial charge in [-0.1, -0.05) is 96.4 Å². The van der Waals surface area contributed by atoms with Gasteiger partial charge in [0.2, 0.25) is 0 Å². The Kier molecular flexibility index (Phi) is 9.98. The van der Waals surface area contributed by atoms with Crippen LogP contribution >= 0.6 is 0 Å². The van der Waals surface area contributed by atoms with E-state index in [-0.39, 0.29) is 36.8 Å². The number of nitrogens with zero attached hydrogens (tertiary/aromatic N) is 3. The van der Waals surface area contributed by atoms with Gasteiger partial charge in [0.1, 0.15) is 13.7 Å². The third kappa shape index (κ3) is 7.66. The number of rotatable bonds is 3. The normalized spacial score (nSPS) is 12.0. The van der Waals surface area contributed by atoms with Crippen molar-refractivity contribution in [3.63, 3.8) is 0 Å². The summed E-state index contributed by atoms with van der Waals surface area (Å²) in [6.45, 7) is 20.1. The molecule has 4 nitrogen and oxygen atoms in total. The van der Waals surface area contributed by atoms with Crippen LogP contribution in [0.3, 0.4) is 0 Å². The van der Waals surface area contributed by atoms with Crippen LogP contribution in [0.25, 0.3) is 44.5 Å². The van der Waals surface area contributed by atoms with E-state index in [4.69, 9.17) is 9.40 Å². The van der Waals surface area contributed by atoms with Crippen LogP contribution in [0.5, 0.6) is 0 Å². The van der Waals surface area contributed by atoms with Gasteiger partial charge in [-0.3, -0.25) is 9.37 Å². The average molecular weight is 794 g/mol. The van der Waals surface area contributed by atoms with Crippen molar-refractivity contribution in [1.82, 2.24) is 15.0 Å². The molecule has 0 bridgehead atoms. The summed E-state index contributed by atoms with van der Waals surface area (Å²) in [5, 5.41) is 3.39. The molecule has 0 unspecified atom stereocenters. The molecule has 45 heavy (non-hydrogen) atoms. The molecule has 0 spiro atoms. The van der Waals surface area contributed by atoms with Gasteiger partial charge in [0, 0.05) is 54.4 Å². The number of halogens is 1. The van der Waals surface area contributed by atoms with Gasteiger partial charge in [0.25, 0.3) is 0 Å². The number of fused-ring (bicyclic) bond motifs is 3. The zero-order chi connectivity index (χ0) is 31.9. The predicted octanol–water partition coefficient (Wildman–Crippen LogP) is 9.67. The fourth-order valence-corrected chi connectivity index (χ4v) is 5.96. The Morgan fingerprint density at radius 2 is 1.58 bits per heavy atom. The number of benzene rings is 2. The topological polar surface area (TPSA) is 51.8 Å². The molecular formula is C38H40FIrN3OSi-2. The van der Waals surface area contributed by atoms with E-state index < -0.39 is 8.07 Å². The molecule has 6 aromatic rings. The van der Waals surface area contributed by atoms with Crippen LogP contribution in [0, 0.1) is 17.9 Å². The number of furan rings is 1. The fourth-order valence-electron chi connectivity index (χ4n) is 4.95. The molecule has 4 aromatic heterocycles. The predicted molar refractivity (Wildman–Crippen MR) is 182 cm³/mol. The van der Waals surface area contributed by atoms with Gasteiger partial charge in [-0.15, -0.1) is 48.0 Å². The smallest absolute Gasteiger partial charge is 0.124 e. The molecule has 0 aliphatic rings. The second-order valence-electron chi connectivity index (χ2n) is 14.2. The molecule has 6 rings (SSSR count). The number of aromatic nitrogens is 3. The second-order valence-corrected chi connectivity index (χ2v) is 19.3. The summed E-state index contributed by atoms with van der Waals surface area (Å²) in [5.41, 5.74) is 7.47. The summed E-state index contributed by atoms with van der Waals surface area (Å²) < 4.78 is 19.2. The molecule has 0 amide bonds. The minimum atomic E-state index is -1.58. The molecule has 2 aromatic carbocycles. The van der Waals surface area contributed by atoms with Crippen LogP contribution in [0.2, 0.25) is 19.6 Å². The third-order valence-corrected chi connectivity index (χ3v) is 9.29. The van der Waals surface area contributed by atoms with E-state index in [0.29, 0.717) is 0 Å². The van der Waals surface area contributed by atoms with Crippen molar-refractivity contribution in [2.75, 3.05) is 0 Å². The van der Waals surface area contributed by atoms with Crippen molar-refractivity contribution in [2.45, 2.75) is 72.0 Å². The number of hydrogen-bond acceptors (Lipinski definition) is 4. The van der Waals surface area contributed by atoms with E-state index in [0.717, 1.165) is 50.1 Å². The summed E-state index contributed by atoms with van der Waals surface area (Å²) >= 11 is 0. The van der Waals surface area contributed by atoms with Crippen LogP contribution in [-0.4, -0.2) is 23.0 Å². The van der Waals surface area contributed by atoms with Crippen molar-refractivity contribution in [2.24, 2.45) is 0 Å². The zero-order valence-corrected chi connectivity index (χ0v) is 30.9. The molecule has 4 heterocycles. The first-order chi connectivity index (χ1) is 20.6. The Bertz CT molecular complexity index is 1900. The molecule has 0 saturated carbocycles. The Balaban J connectivity index is 0.000000222. The van der Waals surface area contributed by atoms with E-state index in [1.165, 1.54) is 23.0 Å². The molecule has 0 fully saturated rings. The average Bonchev–Trinajstić information content (AvgIpc) is 3.35. The minimum Gasteiger partial charge on any atom is -0.500 e. The molecule has 235 valence electrons. The van der Waals surface area contributed by atoms with Crippen molar-refractivity contribution in [3.05, 3.63) is 108 Å². The van der Waals surface area contributed by atoms with Crippen LogP contribution in [0.1, 0.15) is 52.8 Å². The first-order valence-corrected chi connectivity index (χ1v) is 18.5. The molecule has 0 aliphatic carbocycles. The van der Waals surface area contributed by atoms with Crippen LogP contribution < -0.4 is 5.32 Å². The van der Waals surface area contributed by atoms with Gasteiger partial charge in [-0.2, -0.15) is 0 Å². The van der Waals surface area contributed by atoms with Crippen molar-refractivity contribution >= 4 is 35.3 Å². The van der Waals surface area contributed by atoms with Gasteiger partial charge in [0.15, 0.2) is 0 Å². The maximum absolute atomic E-state index is 12.8. The largest absolute Gasteiger partial charge is 0.500 e. The van der Waals surface area contributed by atoms with Crippen LogP contribution in [0.15, 0.2) is 83.5 Å². The fraction of sp³-hybridized carbons (Fsp3) is 0.289. The second kappa shape index (κ2) is 13.1. The number of pyridine rings is 3. The monoisotopic (exact) mass is 794 g/mol. The molecule has 7 heteroatoms. The quantitative estimate of drug-likeness (QED) is 0.132. The summed E-state index contributed by atoms with van der Waals surface area (Å²) in [6.07, 6.45) is 3.67. The van der Waals surface area contributed by atoms with Gasteiger partial charge in [0.05, 0.1) is 11.3 Å². The van der Waals surface area contributed by atoms with E-state index in [9.17, 15) is 4.39 Å². The van der Waals surface area contributed by atoms with E-state index >= 15 is 0 Å². The van der Waals surface area contributed by atoms with Gasteiger partial charge >= 0.3 is 0 Å². The maximum atomic E-state index is 12.8. The van der Waals surface area contributed by atoms with Crippen molar-refractivity contribution < 1.29 is 28.9 Å². The summed E-state index contributed by atoms with van der Waals surface area (Å²) in [6, 6.07) is 26.7. The Morgan fingerprint density at radius 1 is 0.822 bits per heavy atom. The molecule has 0 N–H and O–H groups in total. The number of hydrogen-bond donors (Lipinski definition) is 0. The molecule has 1 radical (unpaired) electrons. The minimum absolute atomic E-state index is 0. The van der Waals surface area contributed by atoms with E-state index in [1.54, 1.807) is 12.3 Å². The summed E-state index contributed by atoms with van der Waals surface area (Å²) in [7, 11) is -1.58. The van der Waals surface area contributed by atoms with Gasteiger partial charge in [-0.05, 0) is 34.5 Å². The van der Waals surface area contributed by atoms with Gasteiger partial charge in [-0.25, -0.2) is 0 Å². The molecule has 0 aliphatic heterocycles. The molecule has 0 saturated heterocycles. The summed E-state index contributed by atoms with van der Waals surface area (Å²) in [5.74, 6) is -0.278. The van der Waals surface area contributed by atoms with Crippen LogP contribution in [0.4, 0.5) is 4.39 Å². The Hall–Kier alpha value is -3.51. The Morgan fingerprint density at radius 3 is 2.13 bits per heavy atom. The third-order valence-electron chi connectivity index (χ3n) is 7.49. The van der Waals surface area contributed by atoms with Crippen molar-refractivity contribution in [3.8, 4) is 22.5 Å². The first-order valence-electron chi connectivity index (χ1n) is 15.0. The van der Waals surface area contributed by atoms with E-state index in [1.807, 2.05) is 36.5 Å². The van der Waals surface area contributed by atoms with E-state index in [2.05, 4.69) is 101 Å². The maximum Gasteiger partial charge on any atom is 0.124 e. The first kappa shape index (κ1) is 34.4. The summed E-state index contributed by atoms with van der Waals surface area (Å²) in [4.78, 5) is 14.0.